The molecule has 9 heteroatoms. The van der Waals surface area contributed by atoms with E-state index in [1.807, 2.05) is 50.3 Å². The number of aryl methyl sites for hydroxylation is 1. The number of fused-ring (bicyclic) bond motifs is 1. The molecule has 3 heterocycles. The molecular formula is C24H31N7O2. The summed E-state index contributed by atoms with van der Waals surface area (Å²) in [6, 6.07) is 6.23. The molecule has 174 valence electrons. The molecule has 0 atom stereocenters. The molecule has 1 amide bonds. The maximum absolute atomic E-state index is 12.5. The van der Waals surface area contributed by atoms with Gasteiger partial charge < -0.3 is 20.3 Å². The molecule has 3 aromatic rings. The second kappa shape index (κ2) is 8.97. The summed E-state index contributed by atoms with van der Waals surface area (Å²) in [5.41, 5.74) is 4.27. The molecule has 2 aromatic heterocycles. The van der Waals surface area contributed by atoms with Crippen LogP contribution >= 0.6 is 0 Å². The Kier molecular flexibility index (Phi) is 5.88. The SMILES string of the molecule is Cc1cc(-c2cnn3c(NCC4CCOCC4)nc(N(C)C)nc23)ccc1C(=O)NC1CC1. The van der Waals surface area contributed by atoms with Gasteiger partial charge >= 0.3 is 0 Å². The number of amides is 1. The molecule has 2 aliphatic rings. The summed E-state index contributed by atoms with van der Waals surface area (Å²) in [5, 5.41) is 11.2. The first-order chi connectivity index (χ1) is 16.0. The van der Waals surface area contributed by atoms with Gasteiger partial charge in [-0.15, -0.1) is 0 Å². The number of aromatic nitrogens is 4. The third-order valence-corrected chi connectivity index (χ3v) is 6.34. The van der Waals surface area contributed by atoms with Gasteiger partial charge in [0.25, 0.3) is 5.91 Å². The Morgan fingerprint density at radius 1 is 1.18 bits per heavy atom. The third-order valence-electron chi connectivity index (χ3n) is 6.34. The van der Waals surface area contributed by atoms with Gasteiger partial charge in [-0.25, -0.2) is 0 Å². The van der Waals surface area contributed by atoms with Crippen LogP contribution in [0.15, 0.2) is 24.4 Å². The molecule has 1 saturated heterocycles. The lowest BCUT2D eigenvalue weighted by atomic mass is 10.0. The number of rotatable bonds is 7. The van der Waals surface area contributed by atoms with E-state index in [4.69, 9.17) is 14.7 Å². The molecule has 2 N–H and O–H groups in total. The van der Waals surface area contributed by atoms with Crippen LogP contribution in [0.3, 0.4) is 0 Å². The van der Waals surface area contributed by atoms with E-state index in [0.29, 0.717) is 29.4 Å². The number of benzene rings is 1. The standard InChI is InChI=1S/C24H31N7O2/c1-15-12-17(4-7-19(15)22(32)27-18-5-6-18)20-14-26-31-21(20)28-24(30(2)3)29-23(31)25-13-16-8-10-33-11-9-16/h4,7,12,14,16,18H,5-6,8-11,13H2,1-3H3,(H,27,32)(H,25,28,29). The number of anilines is 2. The molecule has 0 bridgehead atoms. The van der Waals surface area contributed by atoms with Crippen molar-refractivity contribution in [3.05, 3.63) is 35.5 Å². The Morgan fingerprint density at radius 3 is 2.67 bits per heavy atom. The van der Waals surface area contributed by atoms with Crippen molar-refractivity contribution in [3.8, 4) is 11.1 Å². The van der Waals surface area contributed by atoms with Crippen LogP contribution in [-0.4, -0.2) is 65.4 Å². The van der Waals surface area contributed by atoms with Crippen LogP contribution in [0.4, 0.5) is 11.9 Å². The van der Waals surface area contributed by atoms with Crippen LogP contribution in [0.1, 0.15) is 41.6 Å². The molecule has 33 heavy (non-hydrogen) atoms. The lowest BCUT2D eigenvalue weighted by Crippen LogP contribution is -2.26. The van der Waals surface area contributed by atoms with E-state index in [2.05, 4.69) is 15.7 Å². The summed E-state index contributed by atoms with van der Waals surface area (Å²) in [7, 11) is 3.86. The average Bonchev–Trinajstić information content (AvgIpc) is 3.52. The van der Waals surface area contributed by atoms with Crippen molar-refractivity contribution in [3.63, 3.8) is 0 Å². The number of hydrogen-bond donors (Lipinski definition) is 2. The van der Waals surface area contributed by atoms with Crippen molar-refractivity contribution in [2.24, 2.45) is 5.92 Å². The lowest BCUT2D eigenvalue weighted by Gasteiger charge is -2.22. The van der Waals surface area contributed by atoms with Crippen molar-refractivity contribution >= 4 is 23.5 Å². The maximum Gasteiger partial charge on any atom is 0.251 e. The van der Waals surface area contributed by atoms with Crippen LogP contribution in [-0.2, 0) is 4.74 Å². The topological polar surface area (TPSA) is 96.7 Å². The van der Waals surface area contributed by atoms with Crippen LogP contribution in [0.5, 0.6) is 0 Å². The molecule has 0 radical (unpaired) electrons. The van der Waals surface area contributed by atoms with E-state index in [1.165, 1.54) is 0 Å². The van der Waals surface area contributed by atoms with Gasteiger partial charge in [0, 0.05) is 51.0 Å². The highest BCUT2D eigenvalue weighted by Gasteiger charge is 2.25. The predicted octanol–water partition coefficient (Wildman–Crippen LogP) is 2.90. The van der Waals surface area contributed by atoms with E-state index >= 15 is 0 Å². The molecule has 1 aliphatic heterocycles. The predicted molar refractivity (Wildman–Crippen MR) is 128 cm³/mol. The second-order valence-electron chi connectivity index (χ2n) is 9.25. The lowest BCUT2D eigenvalue weighted by molar-refractivity contribution is 0.0699. The smallest absolute Gasteiger partial charge is 0.251 e. The minimum absolute atomic E-state index is 0.00164. The molecule has 1 saturated carbocycles. The first-order valence-corrected chi connectivity index (χ1v) is 11.7. The van der Waals surface area contributed by atoms with E-state index in [9.17, 15) is 4.79 Å². The minimum Gasteiger partial charge on any atom is -0.381 e. The van der Waals surface area contributed by atoms with Crippen molar-refractivity contribution in [2.45, 2.75) is 38.6 Å². The summed E-state index contributed by atoms with van der Waals surface area (Å²) in [6.07, 6.45) is 6.06. The summed E-state index contributed by atoms with van der Waals surface area (Å²) in [6.45, 7) is 4.42. The highest BCUT2D eigenvalue weighted by molar-refractivity contribution is 5.97. The molecule has 1 aromatic carbocycles. The fraction of sp³-hybridized carbons (Fsp3) is 0.500. The molecular weight excluding hydrogens is 418 g/mol. The van der Waals surface area contributed by atoms with Gasteiger partial charge in [0.15, 0.2) is 5.65 Å². The molecule has 0 unspecified atom stereocenters. The van der Waals surface area contributed by atoms with E-state index < -0.39 is 0 Å². The summed E-state index contributed by atoms with van der Waals surface area (Å²) in [5.74, 6) is 1.85. The molecule has 2 fully saturated rings. The van der Waals surface area contributed by atoms with Gasteiger partial charge in [-0.05, 0) is 55.7 Å². The fourth-order valence-electron chi connectivity index (χ4n) is 4.15. The number of ether oxygens (including phenoxy) is 1. The highest BCUT2D eigenvalue weighted by Crippen LogP contribution is 2.29. The Hall–Kier alpha value is -3.20. The van der Waals surface area contributed by atoms with Crippen LogP contribution in [0, 0.1) is 12.8 Å². The Morgan fingerprint density at radius 2 is 1.97 bits per heavy atom. The molecule has 1 aliphatic carbocycles. The number of nitrogens with one attached hydrogen (secondary N) is 2. The number of hydrogen-bond acceptors (Lipinski definition) is 7. The van der Waals surface area contributed by atoms with Gasteiger partial charge in [-0.2, -0.15) is 19.6 Å². The molecule has 5 rings (SSSR count). The molecule has 0 spiro atoms. The van der Waals surface area contributed by atoms with Gasteiger partial charge in [0.1, 0.15) is 0 Å². The van der Waals surface area contributed by atoms with Crippen molar-refractivity contribution in [1.82, 2.24) is 24.9 Å². The van der Waals surface area contributed by atoms with Crippen molar-refractivity contribution in [2.75, 3.05) is 44.1 Å². The second-order valence-corrected chi connectivity index (χ2v) is 9.25. The first-order valence-electron chi connectivity index (χ1n) is 11.7. The maximum atomic E-state index is 12.5. The normalized spacial score (nSPS) is 16.7. The Balaban J connectivity index is 1.46. The Labute approximate surface area is 193 Å². The zero-order valence-electron chi connectivity index (χ0n) is 19.5. The van der Waals surface area contributed by atoms with Gasteiger partial charge in [-0.3, -0.25) is 4.79 Å². The van der Waals surface area contributed by atoms with Gasteiger partial charge in [-0.1, -0.05) is 12.1 Å². The highest BCUT2D eigenvalue weighted by atomic mass is 16.5. The zero-order chi connectivity index (χ0) is 22.9. The first kappa shape index (κ1) is 21.6. The number of carbonyl (C=O) groups is 1. The van der Waals surface area contributed by atoms with Gasteiger partial charge in [0.2, 0.25) is 11.9 Å². The van der Waals surface area contributed by atoms with E-state index in [-0.39, 0.29) is 5.91 Å². The average molecular weight is 450 g/mol. The van der Waals surface area contributed by atoms with Crippen LogP contribution in [0.2, 0.25) is 0 Å². The fourth-order valence-corrected chi connectivity index (χ4v) is 4.15. The van der Waals surface area contributed by atoms with E-state index in [0.717, 1.165) is 67.8 Å². The van der Waals surface area contributed by atoms with Crippen LogP contribution in [0.25, 0.3) is 16.8 Å². The zero-order valence-corrected chi connectivity index (χ0v) is 19.5. The summed E-state index contributed by atoms with van der Waals surface area (Å²) in [4.78, 5) is 23.9. The van der Waals surface area contributed by atoms with Crippen molar-refractivity contribution < 1.29 is 9.53 Å². The van der Waals surface area contributed by atoms with Crippen molar-refractivity contribution in [1.29, 1.82) is 0 Å². The van der Waals surface area contributed by atoms with E-state index in [1.54, 1.807) is 4.52 Å². The quantitative estimate of drug-likeness (QED) is 0.572. The number of nitrogens with zero attached hydrogens (tertiary/aromatic N) is 5. The Bertz CT molecular complexity index is 1160. The van der Waals surface area contributed by atoms with Gasteiger partial charge in [0.05, 0.1) is 6.20 Å². The number of carbonyl (C=O) groups excluding carboxylic acids is 1. The monoisotopic (exact) mass is 449 g/mol. The minimum atomic E-state index is -0.00164. The summed E-state index contributed by atoms with van der Waals surface area (Å²) >= 11 is 0. The van der Waals surface area contributed by atoms with Crippen LogP contribution < -0.4 is 15.5 Å². The molecule has 9 nitrogen and oxygen atoms in total. The third kappa shape index (κ3) is 4.64. The largest absolute Gasteiger partial charge is 0.381 e. The summed E-state index contributed by atoms with van der Waals surface area (Å²) < 4.78 is 7.25.